The smallest absolute Gasteiger partial charge is 0.132 e. The molecule has 0 radical (unpaired) electrons. The Bertz CT molecular complexity index is 572. The quantitative estimate of drug-likeness (QED) is 0.826. The van der Waals surface area contributed by atoms with E-state index in [0.717, 1.165) is 22.3 Å². The van der Waals surface area contributed by atoms with Gasteiger partial charge in [-0.1, -0.05) is 43.0 Å². The van der Waals surface area contributed by atoms with Crippen LogP contribution in [0.3, 0.4) is 0 Å². The average molecular weight is 241 g/mol. The van der Waals surface area contributed by atoms with Crippen LogP contribution in [0, 0.1) is 0 Å². The Hall–Kier alpha value is -1.80. The van der Waals surface area contributed by atoms with E-state index in [-0.39, 0.29) is 6.04 Å². The predicted octanol–water partition coefficient (Wildman–Crippen LogP) is 3.81. The molecule has 0 aliphatic heterocycles. The van der Waals surface area contributed by atoms with Crippen molar-refractivity contribution in [2.24, 2.45) is 5.73 Å². The van der Waals surface area contributed by atoms with E-state index in [1.54, 1.807) is 0 Å². The minimum Gasteiger partial charge on any atom is -0.488 e. The van der Waals surface area contributed by atoms with Crippen LogP contribution in [0.4, 0.5) is 0 Å². The molecule has 0 aliphatic carbocycles. The van der Waals surface area contributed by atoms with Crippen molar-refractivity contribution in [1.82, 2.24) is 0 Å². The first-order valence-corrected chi connectivity index (χ1v) is 6.14. The van der Waals surface area contributed by atoms with E-state index >= 15 is 0 Å². The minimum atomic E-state index is -0.0465. The summed E-state index contributed by atoms with van der Waals surface area (Å²) in [7, 11) is 0. The van der Waals surface area contributed by atoms with Crippen LogP contribution < -0.4 is 10.5 Å². The van der Waals surface area contributed by atoms with Crippen molar-refractivity contribution in [3.8, 4) is 5.75 Å². The Morgan fingerprint density at radius 2 is 2.00 bits per heavy atom. The van der Waals surface area contributed by atoms with Gasteiger partial charge in [-0.15, -0.1) is 0 Å². The summed E-state index contributed by atoms with van der Waals surface area (Å²) in [6.07, 6.45) is 0. The minimum absolute atomic E-state index is 0.0465. The molecule has 0 amide bonds. The molecular weight excluding hydrogens is 222 g/mol. The van der Waals surface area contributed by atoms with Gasteiger partial charge in [-0.2, -0.15) is 0 Å². The van der Waals surface area contributed by atoms with E-state index in [0.29, 0.717) is 6.61 Å². The van der Waals surface area contributed by atoms with Crippen molar-refractivity contribution >= 4 is 10.8 Å². The second kappa shape index (κ2) is 5.23. The molecule has 18 heavy (non-hydrogen) atoms. The molecule has 0 heterocycles. The van der Waals surface area contributed by atoms with Crippen LogP contribution in [0.25, 0.3) is 10.8 Å². The summed E-state index contributed by atoms with van der Waals surface area (Å²) >= 11 is 0. The van der Waals surface area contributed by atoms with Crippen LogP contribution in [0.1, 0.15) is 25.5 Å². The number of fused-ring (bicyclic) bond motifs is 1. The van der Waals surface area contributed by atoms with Crippen molar-refractivity contribution in [1.29, 1.82) is 0 Å². The molecule has 1 atom stereocenters. The molecule has 0 bridgehead atoms. The normalized spacial score (nSPS) is 12.4. The maximum absolute atomic E-state index is 6.01. The van der Waals surface area contributed by atoms with Crippen LogP contribution in [0.5, 0.6) is 5.75 Å². The predicted molar refractivity (Wildman–Crippen MR) is 76.9 cm³/mol. The third kappa shape index (κ3) is 2.54. The first-order chi connectivity index (χ1) is 8.59. The number of ether oxygens (including phenoxy) is 1. The molecule has 2 aromatic carbocycles. The van der Waals surface area contributed by atoms with Gasteiger partial charge >= 0.3 is 0 Å². The fourth-order valence-electron chi connectivity index (χ4n) is 1.97. The lowest BCUT2D eigenvalue weighted by atomic mass is 10.0. The summed E-state index contributed by atoms with van der Waals surface area (Å²) in [4.78, 5) is 0. The van der Waals surface area contributed by atoms with Gasteiger partial charge in [0.25, 0.3) is 0 Å². The fourth-order valence-corrected chi connectivity index (χ4v) is 1.97. The molecule has 0 spiro atoms. The molecule has 94 valence electrons. The lowest BCUT2D eigenvalue weighted by molar-refractivity contribution is 0.351. The fraction of sp³-hybridized carbons (Fsp3) is 0.250. The Morgan fingerprint density at radius 3 is 2.67 bits per heavy atom. The molecule has 2 aromatic rings. The molecule has 2 N–H and O–H groups in total. The molecule has 0 fully saturated rings. The lowest BCUT2D eigenvalue weighted by Crippen LogP contribution is -2.09. The number of nitrogens with two attached hydrogens (primary N) is 1. The Labute approximate surface area is 108 Å². The van der Waals surface area contributed by atoms with Crippen LogP contribution in [0.2, 0.25) is 0 Å². The van der Waals surface area contributed by atoms with Gasteiger partial charge in [-0.3, -0.25) is 0 Å². The van der Waals surface area contributed by atoms with Gasteiger partial charge in [0.1, 0.15) is 12.4 Å². The zero-order chi connectivity index (χ0) is 13.1. The zero-order valence-corrected chi connectivity index (χ0v) is 10.9. The maximum Gasteiger partial charge on any atom is 0.132 e. The summed E-state index contributed by atoms with van der Waals surface area (Å²) in [5.74, 6) is 0.881. The standard InChI is InChI=1S/C16H19NO/c1-11(2)10-18-16-14(12(3)17)9-8-13-6-4-5-7-15(13)16/h4-9,12H,1,10,17H2,2-3H3/t12-/m0/s1. The van der Waals surface area contributed by atoms with E-state index in [4.69, 9.17) is 10.5 Å². The molecular formula is C16H19NO. The van der Waals surface area contributed by atoms with Gasteiger partial charge in [0, 0.05) is 17.0 Å². The van der Waals surface area contributed by atoms with Gasteiger partial charge in [-0.05, 0) is 24.8 Å². The lowest BCUT2D eigenvalue weighted by Gasteiger charge is -2.16. The maximum atomic E-state index is 6.01. The summed E-state index contributed by atoms with van der Waals surface area (Å²) in [6, 6.07) is 12.3. The Balaban J connectivity index is 2.55. The van der Waals surface area contributed by atoms with Crippen LogP contribution >= 0.6 is 0 Å². The molecule has 0 aliphatic rings. The van der Waals surface area contributed by atoms with E-state index in [1.165, 1.54) is 5.39 Å². The van der Waals surface area contributed by atoms with E-state index in [1.807, 2.05) is 32.0 Å². The highest BCUT2D eigenvalue weighted by atomic mass is 16.5. The third-order valence-corrected chi connectivity index (χ3v) is 2.86. The highest BCUT2D eigenvalue weighted by molar-refractivity contribution is 5.89. The third-order valence-electron chi connectivity index (χ3n) is 2.86. The van der Waals surface area contributed by atoms with Crippen molar-refractivity contribution < 1.29 is 4.74 Å². The Morgan fingerprint density at radius 1 is 1.28 bits per heavy atom. The van der Waals surface area contributed by atoms with Crippen LogP contribution in [0.15, 0.2) is 48.6 Å². The molecule has 0 unspecified atom stereocenters. The molecule has 2 heteroatoms. The van der Waals surface area contributed by atoms with Gasteiger partial charge < -0.3 is 10.5 Å². The monoisotopic (exact) mass is 241 g/mol. The van der Waals surface area contributed by atoms with Crippen molar-refractivity contribution in [3.05, 3.63) is 54.1 Å². The average Bonchev–Trinajstić information content (AvgIpc) is 2.35. The highest BCUT2D eigenvalue weighted by Gasteiger charge is 2.11. The summed E-state index contributed by atoms with van der Waals surface area (Å²) in [6.45, 7) is 8.32. The first kappa shape index (κ1) is 12.7. The van der Waals surface area contributed by atoms with Crippen LogP contribution in [-0.2, 0) is 0 Å². The molecule has 2 rings (SSSR count). The molecule has 2 nitrogen and oxygen atoms in total. The summed E-state index contributed by atoms with van der Waals surface area (Å²) in [5.41, 5.74) is 8.05. The molecule has 0 saturated heterocycles. The van der Waals surface area contributed by atoms with Gasteiger partial charge in [0.05, 0.1) is 0 Å². The van der Waals surface area contributed by atoms with E-state index < -0.39 is 0 Å². The summed E-state index contributed by atoms with van der Waals surface area (Å²) < 4.78 is 5.89. The molecule has 0 saturated carbocycles. The van der Waals surface area contributed by atoms with Gasteiger partial charge in [0.15, 0.2) is 0 Å². The van der Waals surface area contributed by atoms with Gasteiger partial charge in [-0.25, -0.2) is 0 Å². The van der Waals surface area contributed by atoms with Crippen molar-refractivity contribution in [3.63, 3.8) is 0 Å². The SMILES string of the molecule is C=C(C)COc1c([C@H](C)N)ccc2ccccc12. The zero-order valence-electron chi connectivity index (χ0n) is 10.9. The number of rotatable bonds is 4. The first-order valence-electron chi connectivity index (χ1n) is 6.14. The van der Waals surface area contributed by atoms with Gasteiger partial charge in [0.2, 0.25) is 0 Å². The van der Waals surface area contributed by atoms with Crippen LogP contribution in [-0.4, -0.2) is 6.61 Å². The van der Waals surface area contributed by atoms with E-state index in [2.05, 4.69) is 24.8 Å². The summed E-state index contributed by atoms with van der Waals surface area (Å²) in [5, 5.41) is 2.27. The largest absolute Gasteiger partial charge is 0.488 e. The van der Waals surface area contributed by atoms with Crippen molar-refractivity contribution in [2.75, 3.05) is 6.61 Å². The number of hydrogen-bond acceptors (Lipinski definition) is 2. The number of benzene rings is 2. The number of hydrogen-bond donors (Lipinski definition) is 1. The highest BCUT2D eigenvalue weighted by Crippen LogP contribution is 2.33. The Kier molecular flexibility index (Phi) is 3.68. The van der Waals surface area contributed by atoms with Crippen molar-refractivity contribution in [2.45, 2.75) is 19.9 Å². The second-order valence-electron chi connectivity index (χ2n) is 4.74. The second-order valence-corrected chi connectivity index (χ2v) is 4.74. The van der Waals surface area contributed by atoms with E-state index in [9.17, 15) is 0 Å². The molecule has 0 aromatic heterocycles. The topological polar surface area (TPSA) is 35.2 Å².